The molecule has 2 aromatic rings. The second-order valence-corrected chi connectivity index (χ2v) is 4.77. The predicted octanol–water partition coefficient (Wildman–Crippen LogP) is 2.25. The molecule has 0 heterocycles. The van der Waals surface area contributed by atoms with Crippen molar-refractivity contribution in [1.82, 2.24) is 5.32 Å². The number of carbonyl (C=O) groups is 2. The second kappa shape index (κ2) is 7.26. The molecule has 0 spiro atoms. The first-order valence-electron chi connectivity index (χ1n) is 6.88. The minimum atomic E-state index is -0.948. The van der Waals surface area contributed by atoms with Gasteiger partial charge in [-0.25, -0.2) is 4.79 Å². The lowest BCUT2D eigenvalue weighted by Gasteiger charge is -2.14. The summed E-state index contributed by atoms with van der Waals surface area (Å²) in [6.07, 6.45) is -0.948. The molecule has 0 radical (unpaired) electrons. The Morgan fingerprint density at radius 1 is 1.09 bits per heavy atom. The normalized spacial score (nSPS) is 11.5. The number of para-hydroxylation sites is 1. The number of nitrogens with one attached hydrogen (secondary N) is 1. The highest BCUT2D eigenvalue weighted by atomic mass is 16.5. The van der Waals surface area contributed by atoms with Gasteiger partial charge in [-0.2, -0.15) is 0 Å². The third-order valence-electron chi connectivity index (χ3n) is 3.09. The van der Waals surface area contributed by atoms with Gasteiger partial charge in [0.2, 0.25) is 0 Å². The maximum atomic E-state index is 11.9. The fourth-order valence-corrected chi connectivity index (χ4v) is 1.85. The van der Waals surface area contributed by atoms with E-state index in [2.05, 4.69) is 5.32 Å². The third-order valence-corrected chi connectivity index (χ3v) is 3.09. The van der Waals surface area contributed by atoms with Crippen molar-refractivity contribution in [3.8, 4) is 5.75 Å². The number of phenols is 1. The van der Waals surface area contributed by atoms with E-state index in [0.717, 1.165) is 5.56 Å². The van der Waals surface area contributed by atoms with E-state index in [1.807, 2.05) is 30.3 Å². The molecule has 0 aliphatic rings. The highest BCUT2D eigenvalue weighted by Gasteiger charge is 2.20. The van der Waals surface area contributed by atoms with Crippen LogP contribution in [0.2, 0.25) is 0 Å². The number of aromatic hydroxyl groups is 1. The van der Waals surface area contributed by atoms with Gasteiger partial charge in [0.25, 0.3) is 5.91 Å². The zero-order valence-electron chi connectivity index (χ0n) is 12.2. The van der Waals surface area contributed by atoms with Crippen LogP contribution in [0.25, 0.3) is 0 Å². The van der Waals surface area contributed by atoms with Crippen LogP contribution in [0.15, 0.2) is 54.6 Å². The van der Waals surface area contributed by atoms with Crippen molar-refractivity contribution in [3.63, 3.8) is 0 Å². The Bertz CT molecular complexity index is 655. The van der Waals surface area contributed by atoms with Gasteiger partial charge >= 0.3 is 5.97 Å². The highest BCUT2D eigenvalue weighted by molar-refractivity contribution is 5.94. The van der Waals surface area contributed by atoms with Crippen molar-refractivity contribution >= 4 is 11.9 Å². The Morgan fingerprint density at radius 2 is 1.73 bits per heavy atom. The zero-order chi connectivity index (χ0) is 15.9. The molecule has 2 aromatic carbocycles. The average molecular weight is 299 g/mol. The van der Waals surface area contributed by atoms with Gasteiger partial charge in [-0.15, -0.1) is 0 Å². The summed E-state index contributed by atoms with van der Waals surface area (Å²) in [4.78, 5) is 23.8. The standard InChI is InChI=1S/C17H17NO4/c1-12(16(20)18-11-13-7-3-2-4-8-13)22-17(21)14-9-5-6-10-15(14)19/h2-10,12,19H,11H2,1H3,(H,18,20). The Balaban J connectivity index is 1.89. The first kappa shape index (κ1) is 15.6. The van der Waals surface area contributed by atoms with Crippen LogP contribution in [-0.2, 0) is 16.1 Å². The molecule has 1 unspecified atom stereocenters. The van der Waals surface area contributed by atoms with Gasteiger partial charge in [0.15, 0.2) is 6.10 Å². The van der Waals surface area contributed by atoms with Crippen molar-refractivity contribution in [2.75, 3.05) is 0 Å². The Labute approximate surface area is 128 Å². The quantitative estimate of drug-likeness (QED) is 0.830. The minimum Gasteiger partial charge on any atom is -0.507 e. The van der Waals surface area contributed by atoms with Crippen molar-refractivity contribution in [2.45, 2.75) is 19.6 Å². The molecule has 2 N–H and O–H groups in total. The van der Waals surface area contributed by atoms with E-state index >= 15 is 0 Å². The monoisotopic (exact) mass is 299 g/mol. The number of amides is 1. The number of hydrogen-bond donors (Lipinski definition) is 2. The molecule has 1 atom stereocenters. The van der Waals surface area contributed by atoms with Gasteiger partial charge in [0, 0.05) is 6.54 Å². The molecule has 0 saturated heterocycles. The first-order chi connectivity index (χ1) is 10.6. The molecule has 0 saturated carbocycles. The molecule has 0 bridgehead atoms. The largest absolute Gasteiger partial charge is 0.507 e. The summed E-state index contributed by atoms with van der Waals surface area (Å²) in [6, 6.07) is 15.5. The third kappa shape index (κ3) is 4.09. The molecule has 0 aliphatic carbocycles. The van der Waals surface area contributed by atoms with E-state index in [1.165, 1.54) is 19.1 Å². The van der Waals surface area contributed by atoms with E-state index in [1.54, 1.807) is 12.1 Å². The van der Waals surface area contributed by atoms with Gasteiger partial charge in [-0.05, 0) is 24.6 Å². The Hall–Kier alpha value is -2.82. The van der Waals surface area contributed by atoms with Crippen molar-refractivity contribution in [2.24, 2.45) is 0 Å². The molecule has 0 fully saturated rings. The number of esters is 1. The first-order valence-corrected chi connectivity index (χ1v) is 6.88. The zero-order valence-corrected chi connectivity index (χ0v) is 12.2. The molecule has 5 heteroatoms. The van der Waals surface area contributed by atoms with Crippen molar-refractivity contribution in [1.29, 1.82) is 0 Å². The SMILES string of the molecule is CC(OC(=O)c1ccccc1O)C(=O)NCc1ccccc1. The lowest BCUT2D eigenvalue weighted by atomic mass is 10.2. The number of benzene rings is 2. The van der Waals surface area contributed by atoms with Gasteiger partial charge in [-0.3, -0.25) is 4.79 Å². The predicted molar refractivity (Wildman–Crippen MR) is 81.3 cm³/mol. The molecule has 1 amide bonds. The minimum absolute atomic E-state index is 0.0326. The fraction of sp³-hybridized carbons (Fsp3) is 0.176. The summed E-state index contributed by atoms with van der Waals surface area (Å²) in [5.74, 6) is -1.31. The van der Waals surface area contributed by atoms with Crippen LogP contribution < -0.4 is 5.32 Å². The highest BCUT2D eigenvalue weighted by Crippen LogP contribution is 2.17. The number of rotatable bonds is 5. The van der Waals surface area contributed by atoms with Crippen LogP contribution in [-0.4, -0.2) is 23.1 Å². The Kier molecular flexibility index (Phi) is 5.14. The van der Waals surface area contributed by atoms with Gasteiger partial charge < -0.3 is 15.2 Å². The van der Waals surface area contributed by atoms with Crippen molar-refractivity contribution < 1.29 is 19.4 Å². The summed E-state index contributed by atoms with van der Waals surface area (Å²) < 4.78 is 5.06. The molecule has 22 heavy (non-hydrogen) atoms. The van der Waals surface area contributed by atoms with E-state index in [9.17, 15) is 14.7 Å². The lowest BCUT2D eigenvalue weighted by Crippen LogP contribution is -2.35. The molecular formula is C17H17NO4. The van der Waals surface area contributed by atoms with Gasteiger partial charge in [-0.1, -0.05) is 42.5 Å². The van der Waals surface area contributed by atoms with Gasteiger partial charge in [0.05, 0.1) is 0 Å². The summed E-state index contributed by atoms with van der Waals surface area (Å²) in [5, 5.41) is 12.3. The molecule has 0 aliphatic heterocycles. The number of carbonyl (C=O) groups excluding carboxylic acids is 2. The molecule has 2 rings (SSSR count). The van der Waals surface area contributed by atoms with Crippen LogP contribution in [0, 0.1) is 0 Å². The molecule has 5 nitrogen and oxygen atoms in total. The van der Waals surface area contributed by atoms with E-state index in [0.29, 0.717) is 6.54 Å². The number of ether oxygens (including phenoxy) is 1. The van der Waals surface area contributed by atoms with Crippen LogP contribution in [0.1, 0.15) is 22.8 Å². The molecule has 114 valence electrons. The second-order valence-electron chi connectivity index (χ2n) is 4.77. The average Bonchev–Trinajstić information content (AvgIpc) is 2.53. The number of phenolic OH excluding ortho intramolecular Hbond substituents is 1. The van der Waals surface area contributed by atoms with Crippen LogP contribution in [0.4, 0.5) is 0 Å². The maximum absolute atomic E-state index is 11.9. The van der Waals surface area contributed by atoms with E-state index in [4.69, 9.17) is 4.74 Å². The Morgan fingerprint density at radius 3 is 2.41 bits per heavy atom. The van der Waals surface area contributed by atoms with E-state index < -0.39 is 18.0 Å². The summed E-state index contributed by atoms with van der Waals surface area (Å²) in [5.41, 5.74) is 0.986. The van der Waals surface area contributed by atoms with Crippen LogP contribution >= 0.6 is 0 Å². The lowest BCUT2D eigenvalue weighted by molar-refractivity contribution is -0.129. The maximum Gasteiger partial charge on any atom is 0.342 e. The van der Waals surface area contributed by atoms with Crippen molar-refractivity contribution in [3.05, 3.63) is 65.7 Å². The summed E-state index contributed by atoms with van der Waals surface area (Å²) in [7, 11) is 0. The smallest absolute Gasteiger partial charge is 0.342 e. The summed E-state index contributed by atoms with van der Waals surface area (Å²) in [6.45, 7) is 1.84. The fourth-order valence-electron chi connectivity index (χ4n) is 1.85. The van der Waals surface area contributed by atoms with E-state index in [-0.39, 0.29) is 11.3 Å². The molecule has 0 aromatic heterocycles. The number of hydrogen-bond acceptors (Lipinski definition) is 4. The molecular weight excluding hydrogens is 282 g/mol. The van der Waals surface area contributed by atoms with Crippen LogP contribution in [0.3, 0.4) is 0 Å². The van der Waals surface area contributed by atoms with Gasteiger partial charge in [0.1, 0.15) is 11.3 Å². The topological polar surface area (TPSA) is 75.6 Å². The summed E-state index contributed by atoms with van der Waals surface area (Å²) >= 11 is 0. The van der Waals surface area contributed by atoms with Crippen LogP contribution in [0.5, 0.6) is 5.75 Å².